The lowest BCUT2D eigenvalue weighted by molar-refractivity contribution is -0.672. The van der Waals surface area contributed by atoms with E-state index in [1.165, 1.54) is 16.0 Å². The maximum Gasteiger partial charge on any atom is 0.393 e. The molecule has 0 bridgehead atoms. The Morgan fingerprint density at radius 3 is 2.29 bits per heavy atom. The monoisotopic (exact) mass is 521 g/mol. The minimum absolute atomic E-state index is 0.141. The van der Waals surface area contributed by atoms with Crippen molar-refractivity contribution in [1.29, 1.82) is 0 Å². The van der Waals surface area contributed by atoms with Crippen LogP contribution in [0.2, 0.25) is 0 Å². The molecule has 0 aliphatic rings. The molecule has 38 heavy (non-hydrogen) atoms. The summed E-state index contributed by atoms with van der Waals surface area (Å²) in [4.78, 5) is 19.5. The van der Waals surface area contributed by atoms with E-state index in [-0.39, 0.29) is 16.3 Å². The van der Waals surface area contributed by atoms with Gasteiger partial charge in [-0.05, 0) is 29.3 Å². The Bertz CT molecular complexity index is 1780. The van der Waals surface area contributed by atoms with E-state index in [2.05, 4.69) is 5.27 Å². The highest BCUT2D eigenvalue weighted by molar-refractivity contribution is 7.21. The van der Waals surface area contributed by atoms with E-state index in [1.54, 1.807) is 31.4 Å². The summed E-state index contributed by atoms with van der Waals surface area (Å²) in [5.41, 5.74) is 10.8. The third kappa shape index (κ3) is 3.95. The number of aromatic hydroxyl groups is 1. The first-order valence-electron chi connectivity index (χ1n) is 11.7. The van der Waals surface area contributed by atoms with Gasteiger partial charge in [-0.1, -0.05) is 60.7 Å². The van der Waals surface area contributed by atoms with Gasteiger partial charge in [0.05, 0.1) is 18.5 Å². The number of nitrogens with zero attached hydrogens (tertiary/aromatic N) is 3. The first-order chi connectivity index (χ1) is 18.5. The largest absolute Gasteiger partial charge is 0.497 e. The number of carbonyl (C=O) groups is 1. The highest BCUT2D eigenvalue weighted by Gasteiger charge is 2.37. The lowest BCUT2D eigenvalue weighted by atomic mass is 9.99. The van der Waals surface area contributed by atoms with Crippen LogP contribution in [0.5, 0.6) is 11.7 Å². The second-order valence-corrected chi connectivity index (χ2v) is 9.48. The number of benzene rings is 3. The standard InChI is InChI=1S/C29H20N4O4S/c1-36-20-14-12-19(13-15-20)33-25(29(35)37-32-33)26(34)27-24(30)23-21(17-8-4-2-5-9-17)16-22(31-28(23)38-27)18-10-6-3-7-11-18/h2-16H,1H3,(H2-,30,32,34,35)/p+1. The van der Waals surface area contributed by atoms with Gasteiger partial charge >= 0.3 is 11.6 Å². The van der Waals surface area contributed by atoms with Crippen LogP contribution in [-0.2, 0) is 0 Å². The minimum Gasteiger partial charge on any atom is -0.497 e. The lowest BCUT2D eigenvalue weighted by Crippen LogP contribution is -2.38. The van der Waals surface area contributed by atoms with Crippen LogP contribution in [0.3, 0.4) is 0 Å². The van der Waals surface area contributed by atoms with Crippen molar-refractivity contribution in [3.63, 3.8) is 0 Å². The molecule has 0 aliphatic heterocycles. The summed E-state index contributed by atoms with van der Waals surface area (Å²) in [6, 6.07) is 28.5. The number of rotatable bonds is 6. The SMILES string of the molecule is COc1ccc(-[n+]2noc(O)c2C(=O)c2sc3nc(-c4ccccc4)cc(-c4ccccc4)c3c2N)cc1. The molecule has 8 nitrogen and oxygen atoms in total. The van der Waals surface area contributed by atoms with Crippen molar-refractivity contribution in [3.8, 4) is 39.8 Å². The minimum atomic E-state index is -0.608. The van der Waals surface area contributed by atoms with E-state index >= 15 is 0 Å². The maximum atomic E-state index is 13.8. The number of hydrogen-bond donors (Lipinski definition) is 2. The van der Waals surface area contributed by atoms with Crippen LogP contribution < -0.4 is 15.2 Å². The molecule has 0 saturated heterocycles. The van der Waals surface area contributed by atoms with E-state index in [0.29, 0.717) is 21.7 Å². The van der Waals surface area contributed by atoms with Crippen LogP contribution in [0.25, 0.3) is 38.3 Å². The van der Waals surface area contributed by atoms with Crippen LogP contribution in [0, 0.1) is 0 Å². The average molecular weight is 522 g/mol. The summed E-state index contributed by atoms with van der Waals surface area (Å²) in [6.07, 6.45) is 0. The molecule has 0 amide bonds. The zero-order valence-corrected chi connectivity index (χ0v) is 21.0. The summed E-state index contributed by atoms with van der Waals surface area (Å²) in [5, 5.41) is 15.0. The van der Waals surface area contributed by atoms with Gasteiger partial charge in [0.15, 0.2) is 0 Å². The summed E-state index contributed by atoms with van der Waals surface area (Å²) in [7, 11) is 1.56. The normalized spacial score (nSPS) is 11.1. The van der Waals surface area contributed by atoms with Gasteiger partial charge in [0.2, 0.25) is 11.0 Å². The molecule has 3 aromatic carbocycles. The van der Waals surface area contributed by atoms with Crippen LogP contribution >= 0.6 is 11.3 Å². The van der Waals surface area contributed by atoms with Gasteiger partial charge in [-0.3, -0.25) is 9.32 Å². The first kappa shape index (κ1) is 23.4. The van der Waals surface area contributed by atoms with Crippen molar-refractivity contribution in [2.75, 3.05) is 12.8 Å². The second kappa shape index (κ2) is 9.45. The molecule has 0 unspecified atom stereocenters. The number of nitrogens with two attached hydrogens (primary N) is 1. The number of thiophene rings is 1. The zero-order chi connectivity index (χ0) is 26.2. The van der Waals surface area contributed by atoms with Crippen molar-refractivity contribution in [2.45, 2.75) is 0 Å². The quantitative estimate of drug-likeness (QED) is 0.222. The van der Waals surface area contributed by atoms with Crippen molar-refractivity contribution in [3.05, 3.63) is 102 Å². The maximum absolute atomic E-state index is 13.8. The van der Waals surface area contributed by atoms with E-state index in [1.807, 2.05) is 66.7 Å². The fraction of sp³-hybridized carbons (Fsp3) is 0.0345. The number of aromatic nitrogens is 3. The van der Waals surface area contributed by atoms with Gasteiger partial charge in [-0.25, -0.2) is 4.98 Å². The molecule has 6 aromatic rings. The fourth-order valence-electron chi connectivity index (χ4n) is 4.35. The van der Waals surface area contributed by atoms with Crippen molar-refractivity contribution < 1.29 is 23.8 Å². The molecule has 6 rings (SSSR count). The van der Waals surface area contributed by atoms with Crippen molar-refractivity contribution >= 4 is 33.0 Å². The highest BCUT2D eigenvalue weighted by Crippen LogP contribution is 2.42. The average Bonchev–Trinajstić information content (AvgIpc) is 3.52. The Labute approximate surface area is 221 Å². The first-order valence-corrected chi connectivity index (χ1v) is 12.5. The smallest absolute Gasteiger partial charge is 0.393 e. The predicted molar refractivity (Wildman–Crippen MR) is 145 cm³/mol. The van der Waals surface area contributed by atoms with Crippen molar-refractivity contribution in [1.82, 2.24) is 10.3 Å². The molecule has 9 heteroatoms. The van der Waals surface area contributed by atoms with Gasteiger partial charge in [-0.15, -0.1) is 11.3 Å². The van der Waals surface area contributed by atoms with Gasteiger partial charge in [-0.2, -0.15) is 0 Å². The Morgan fingerprint density at radius 1 is 0.974 bits per heavy atom. The number of ketones is 1. The molecular formula is C29H21N4O4S+. The van der Waals surface area contributed by atoms with Crippen LogP contribution in [0.15, 0.2) is 95.5 Å². The van der Waals surface area contributed by atoms with Crippen LogP contribution in [0.1, 0.15) is 15.4 Å². The summed E-state index contributed by atoms with van der Waals surface area (Å²) in [5.74, 6) is -0.498. The summed E-state index contributed by atoms with van der Waals surface area (Å²) < 4.78 is 11.4. The number of fused-ring (bicyclic) bond motifs is 1. The number of carbonyl (C=O) groups excluding carboxylic acids is 1. The third-order valence-electron chi connectivity index (χ3n) is 6.21. The highest BCUT2D eigenvalue weighted by atomic mass is 32.1. The lowest BCUT2D eigenvalue weighted by Gasteiger charge is -2.08. The van der Waals surface area contributed by atoms with Gasteiger partial charge in [0.25, 0.3) is 5.78 Å². The summed E-state index contributed by atoms with van der Waals surface area (Å²) in [6.45, 7) is 0. The molecule has 0 saturated carbocycles. The molecule has 0 radical (unpaired) electrons. The second-order valence-electron chi connectivity index (χ2n) is 8.48. The fourth-order valence-corrected chi connectivity index (χ4v) is 5.41. The van der Waals surface area contributed by atoms with E-state index < -0.39 is 11.7 Å². The van der Waals surface area contributed by atoms with E-state index in [0.717, 1.165) is 22.4 Å². The number of hydrogen-bond acceptors (Lipinski definition) is 8. The zero-order valence-electron chi connectivity index (χ0n) is 20.2. The molecule has 0 atom stereocenters. The molecule has 0 fully saturated rings. The van der Waals surface area contributed by atoms with Crippen LogP contribution in [-0.4, -0.2) is 28.3 Å². The number of methoxy groups -OCH3 is 1. The number of anilines is 1. The number of nitrogen functional groups attached to an aromatic ring is 1. The van der Waals surface area contributed by atoms with E-state index in [4.69, 9.17) is 20.0 Å². The molecule has 186 valence electrons. The summed E-state index contributed by atoms with van der Waals surface area (Å²) >= 11 is 1.17. The molecule has 0 spiro atoms. The molecule has 3 aromatic heterocycles. The van der Waals surface area contributed by atoms with Gasteiger partial charge < -0.3 is 15.6 Å². The third-order valence-corrected chi connectivity index (χ3v) is 7.31. The molecule has 3 heterocycles. The van der Waals surface area contributed by atoms with Crippen molar-refractivity contribution in [2.24, 2.45) is 0 Å². The van der Waals surface area contributed by atoms with E-state index in [9.17, 15) is 9.90 Å². The Kier molecular flexibility index (Phi) is 5.82. The van der Waals surface area contributed by atoms with Crippen LogP contribution in [0.4, 0.5) is 5.69 Å². The predicted octanol–water partition coefficient (Wildman–Crippen LogP) is 5.42. The number of pyridine rings is 1. The molecule has 3 N–H and O–H groups in total. The Morgan fingerprint density at radius 2 is 1.63 bits per heavy atom. The Hall–Kier alpha value is -5.02. The topological polar surface area (TPSA) is 115 Å². The van der Waals surface area contributed by atoms with Gasteiger partial charge in [0, 0.05) is 27.8 Å². The molecular weight excluding hydrogens is 500 g/mol. The number of ether oxygens (including phenoxy) is 1. The van der Waals surface area contributed by atoms with Gasteiger partial charge in [0.1, 0.15) is 15.5 Å². The Balaban J connectivity index is 1.53. The molecule has 0 aliphatic carbocycles.